The Morgan fingerprint density at radius 3 is 2.24 bits per heavy atom. The largest absolute Gasteiger partial charge is 0.351 e. The molecule has 2 saturated carbocycles. The van der Waals surface area contributed by atoms with Crippen molar-refractivity contribution in [2.75, 3.05) is 5.32 Å². The van der Waals surface area contributed by atoms with Gasteiger partial charge in [0, 0.05) is 23.9 Å². The number of nitrogens with one attached hydrogen (secondary N) is 1. The zero-order valence-corrected chi connectivity index (χ0v) is 28.5. The fraction of sp³-hybridized carbons (Fsp3) is 0.694. The van der Waals surface area contributed by atoms with Gasteiger partial charge < -0.3 is 5.32 Å². The molecule has 3 aliphatic carbocycles. The van der Waals surface area contributed by atoms with E-state index in [0.29, 0.717) is 23.1 Å². The third kappa shape index (κ3) is 15.7. The number of unbranched alkanes of at least 4 members (excludes halogenated alkanes) is 1. The lowest BCUT2D eigenvalue weighted by atomic mass is 9.96. The molecule has 0 bridgehead atoms. The highest BCUT2D eigenvalue weighted by atomic mass is 35.5. The van der Waals surface area contributed by atoms with E-state index in [1.807, 2.05) is 20.1 Å². The summed E-state index contributed by atoms with van der Waals surface area (Å²) in [5.74, 6) is 1.51. The number of aromatic nitrogens is 2. The fourth-order valence-corrected chi connectivity index (χ4v) is 4.72. The van der Waals surface area contributed by atoms with E-state index in [2.05, 4.69) is 70.1 Å². The van der Waals surface area contributed by atoms with Crippen LogP contribution in [-0.4, -0.2) is 28.3 Å². The quantitative estimate of drug-likeness (QED) is 0.278. The Labute approximate surface area is 258 Å². The monoisotopic (exact) mass is 584 g/mol. The summed E-state index contributed by atoms with van der Waals surface area (Å²) in [7, 11) is 0. The van der Waals surface area contributed by atoms with Gasteiger partial charge in [0.05, 0.1) is 16.9 Å². The highest BCUT2D eigenvalue weighted by molar-refractivity contribution is 6.33. The molecule has 0 aliphatic heterocycles. The van der Waals surface area contributed by atoms with Gasteiger partial charge in [-0.2, -0.15) is 0 Å². The van der Waals surface area contributed by atoms with E-state index in [1.54, 1.807) is 6.20 Å². The molecule has 1 unspecified atom stereocenters. The summed E-state index contributed by atoms with van der Waals surface area (Å²) >= 11 is 6.53. The van der Waals surface area contributed by atoms with Gasteiger partial charge in [-0.3, -0.25) is 4.99 Å². The van der Waals surface area contributed by atoms with Gasteiger partial charge in [0.2, 0.25) is 5.95 Å². The maximum Gasteiger partial charge on any atom is 0.223 e. The Morgan fingerprint density at radius 1 is 1.05 bits per heavy atom. The van der Waals surface area contributed by atoms with E-state index < -0.39 is 0 Å². The lowest BCUT2D eigenvalue weighted by Crippen LogP contribution is -2.23. The summed E-state index contributed by atoms with van der Waals surface area (Å²) in [5, 5.41) is 4.13. The number of aliphatic imine (C=N–C) groups is 1. The molecule has 0 radical (unpaired) electrons. The SMILES string of the molecule is CC.CCC(C)N=C/C(=C(\C)CC1CC1)c1nc(NC2CCCCC2)ncc1Cl.CCC1=CCCC=C1.CCCC. The molecule has 4 rings (SSSR count). The normalized spacial score (nSPS) is 18.0. The molecule has 1 N–H and O–H groups in total. The number of rotatable bonds is 10. The van der Waals surface area contributed by atoms with Crippen LogP contribution in [0.25, 0.3) is 5.57 Å². The predicted octanol–water partition coefficient (Wildman–Crippen LogP) is 11.8. The standard InChI is InChI=1S/C22H33ClN4.C8H12.C4H10.C2H6/c1-4-16(3)24-13-19(15(2)12-17-10-11-17)21-20(23)14-25-22(27-21)26-18-8-6-5-7-9-18;1-2-8-6-4-3-5-7-8;1-3-4-2;1-2/h13-14,16-18H,4-12H2,1-3H3,(H,25,26,27);4,6-7H,2-3,5H2,1H3;3-4H2,1-2H3;1-2H3/b19-15-,24-13?;;;. The average Bonchev–Trinajstić information content (AvgIpc) is 3.85. The molecular weight excluding hydrogens is 524 g/mol. The fourth-order valence-electron chi connectivity index (χ4n) is 4.53. The van der Waals surface area contributed by atoms with E-state index in [1.165, 1.54) is 88.2 Å². The van der Waals surface area contributed by atoms with Crippen LogP contribution >= 0.6 is 11.6 Å². The van der Waals surface area contributed by atoms with Gasteiger partial charge in [0.15, 0.2) is 0 Å². The predicted molar refractivity (Wildman–Crippen MR) is 184 cm³/mol. The van der Waals surface area contributed by atoms with Crippen LogP contribution in [0.15, 0.2) is 40.6 Å². The summed E-state index contributed by atoms with van der Waals surface area (Å²) in [5.41, 5.74) is 4.71. The lowest BCUT2D eigenvalue weighted by molar-refractivity contribution is 0.461. The topological polar surface area (TPSA) is 50.2 Å². The van der Waals surface area contributed by atoms with Crippen LogP contribution in [0.2, 0.25) is 5.02 Å². The van der Waals surface area contributed by atoms with Gasteiger partial charge in [0.1, 0.15) is 0 Å². The van der Waals surface area contributed by atoms with Crippen molar-refractivity contribution in [3.05, 3.63) is 46.3 Å². The molecule has 4 nitrogen and oxygen atoms in total. The molecule has 1 aromatic heterocycles. The van der Waals surface area contributed by atoms with Crippen LogP contribution in [-0.2, 0) is 0 Å². The number of anilines is 1. The van der Waals surface area contributed by atoms with Gasteiger partial charge in [0.25, 0.3) is 0 Å². The minimum absolute atomic E-state index is 0.300. The third-order valence-corrected chi connectivity index (χ3v) is 7.99. The first-order valence-corrected chi connectivity index (χ1v) is 17.2. The number of allylic oxidation sites excluding steroid dienone is 6. The lowest BCUT2D eigenvalue weighted by Gasteiger charge is -2.23. The minimum atomic E-state index is 0.300. The zero-order valence-electron chi connectivity index (χ0n) is 27.7. The summed E-state index contributed by atoms with van der Waals surface area (Å²) in [6.07, 6.45) is 27.9. The van der Waals surface area contributed by atoms with Crippen molar-refractivity contribution in [2.24, 2.45) is 10.9 Å². The number of hydrogen-bond donors (Lipinski definition) is 1. The van der Waals surface area contributed by atoms with Crippen molar-refractivity contribution >= 4 is 29.3 Å². The smallest absolute Gasteiger partial charge is 0.223 e. The number of nitrogens with zero attached hydrogens (tertiary/aromatic N) is 3. The van der Waals surface area contributed by atoms with Crippen LogP contribution in [0.4, 0.5) is 5.95 Å². The Morgan fingerprint density at radius 2 is 1.73 bits per heavy atom. The maximum atomic E-state index is 6.53. The van der Waals surface area contributed by atoms with Crippen LogP contribution < -0.4 is 5.32 Å². The van der Waals surface area contributed by atoms with Crippen LogP contribution in [0.1, 0.15) is 151 Å². The van der Waals surface area contributed by atoms with Crippen LogP contribution in [0, 0.1) is 5.92 Å². The molecule has 0 saturated heterocycles. The van der Waals surface area contributed by atoms with E-state index in [4.69, 9.17) is 21.6 Å². The molecule has 1 heterocycles. The zero-order chi connectivity index (χ0) is 30.5. The molecular formula is C36H61ClN4. The molecule has 0 spiro atoms. The first-order valence-electron chi connectivity index (χ1n) is 16.8. The second-order valence-electron chi connectivity index (χ2n) is 11.4. The molecule has 2 fully saturated rings. The van der Waals surface area contributed by atoms with Crippen molar-refractivity contribution in [1.82, 2.24) is 9.97 Å². The average molecular weight is 585 g/mol. The highest BCUT2D eigenvalue weighted by Gasteiger charge is 2.23. The van der Waals surface area contributed by atoms with E-state index in [-0.39, 0.29) is 0 Å². The summed E-state index contributed by atoms with van der Waals surface area (Å²) in [4.78, 5) is 14.0. The van der Waals surface area contributed by atoms with Crippen molar-refractivity contribution in [3.63, 3.8) is 0 Å². The second-order valence-corrected chi connectivity index (χ2v) is 11.8. The van der Waals surface area contributed by atoms with Gasteiger partial charge >= 0.3 is 0 Å². The van der Waals surface area contributed by atoms with E-state index >= 15 is 0 Å². The van der Waals surface area contributed by atoms with Crippen molar-refractivity contribution in [3.8, 4) is 0 Å². The molecule has 0 amide bonds. The Balaban J connectivity index is 0.000000496. The number of halogens is 1. The van der Waals surface area contributed by atoms with Crippen molar-refractivity contribution in [1.29, 1.82) is 0 Å². The molecule has 41 heavy (non-hydrogen) atoms. The first kappa shape index (κ1) is 37.1. The van der Waals surface area contributed by atoms with Crippen molar-refractivity contribution < 1.29 is 0 Å². The maximum absolute atomic E-state index is 6.53. The van der Waals surface area contributed by atoms with Gasteiger partial charge in [-0.05, 0) is 77.6 Å². The molecule has 3 aliphatic rings. The van der Waals surface area contributed by atoms with Crippen LogP contribution in [0.3, 0.4) is 0 Å². The summed E-state index contributed by atoms with van der Waals surface area (Å²) < 4.78 is 0. The highest BCUT2D eigenvalue weighted by Crippen LogP contribution is 2.37. The summed E-state index contributed by atoms with van der Waals surface area (Å²) in [6, 6.07) is 0.774. The molecule has 232 valence electrons. The minimum Gasteiger partial charge on any atom is -0.351 e. The number of hydrogen-bond acceptors (Lipinski definition) is 4. The molecule has 5 heteroatoms. The molecule has 1 atom stereocenters. The van der Waals surface area contributed by atoms with Crippen molar-refractivity contribution in [2.45, 2.75) is 157 Å². The second kappa shape index (κ2) is 22.6. The Bertz CT molecular complexity index is 950. The summed E-state index contributed by atoms with van der Waals surface area (Å²) in [6.45, 7) is 17.1. The third-order valence-electron chi connectivity index (χ3n) is 7.72. The van der Waals surface area contributed by atoms with Gasteiger partial charge in [-0.15, -0.1) is 0 Å². The van der Waals surface area contributed by atoms with Gasteiger partial charge in [-0.25, -0.2) is 9.97 Å². The van der Waals surface area contributed by atoms with Gasteiger partial charge in [-0.1, -0.05) is 115 Å². The molecule has 1 aromatic rings. The molecule has 0 aromatic carbocycles. The first-order chi connectivity index (χ1) is 19.9. The van der Waals surface area contributed by atoms with E-state index in [0.717, 1.165) is 30.0 Å². The van der Waals surface area contributed by atoms with Crippen LogP contribution in [0.5, 0.6) is 0 Å². The Hall–Kier alpha value is -1.94. The van der Waals surface area contributed by atoms with E-state index in [9.17, 15) is 0 Å². The Kier molecular flexibility index (Phi) is 20.5.